The number of guanidine groups is 1. The Balaban J connectivity index is 2.39. The van der Waals surface area contributed by atoms with E-state index >= 15 is 0 Å². The van der Waals surface area contributed by atoms with Gasteiger partial charge in [-0.1, -0.05) is 13.8 Å². The van der Waals surface area contributed by atoms with Crippen molar-refractivity contribution in [3.8, 4) is 0 Å². The average molecular weight is 338 g/mol. The monoisotopic (exact) mass is 337 g/mol. The second-order valence-electron chi connectivity index (χ2n) is 6.79. The van der Waals surface area contributed by atoms with E-state index in [-0.39, 0.29) is 6.61 Å². The van der Waals surface area contributed by atoms with Crippen molar-refractivity contribution in [1.82, 2.24) is 20.4 Å². The summed E-state index contributed by atoms with van der Waals surface area (Å²) >= 11 is 0. The molecule has 0 spiro atoms. The summed E-state index contributed by atoms with van der Waals surface area (Å²) in [7, 11) is 0. The van der Waals surface area contributed by atoms with Crippen molar-refractivity contribution in [2.75, 3.05) is 26.2 Å². The lowest BCUT2D eigenvalue weighted by Crippen LogP contribution is -2.38. The van der Waals surface area contributed by atoms with Crippen LogP contribution in [-0.4, -0.2) is 47.1 Å². The first-order valence-electron chi connectivity index (χ1n) is 9.17. The lowest BCUT2D eigenvalue weighted by molar-refractivity contribution is 0.245. The van der Waals surface area contributed by atoms with Gasteiger partial charge < -0.3 is 15.7 Å². The summed E-state index contributed by atoms with van der Waals surface area (Å²) in [4.78, 5) is 4.70. The number of aliphatic hydroxyl groups is 1. The third-order valence-corrected chi connectivity index (χ3v) is 3.81. The molecule has 138 valence electrons. The van der Waals surface area contributed by atoms with Crippen LogP contribution in [0, 0.1) is 18.8 Å². The third-order valence-electron chi connectivity index (χ3n) is 3.81. The Morgan fingerprint density at radius 3 is 2.75 bits per heavy atom. The van der Waals surface area contributed by atoms with Crippen LogP contribution in [0.15, 0.2) is 17.4 Å². The quantitative estimate of drug-likeness (QED) is 0.329. The van der Waals surface area contributed by atoms with E-state index in [0.29, 0.717) is 11.8 Å². The molecule has 1 aromatic heterocycles. The molecule has 0 aliphatic carbocycles. The van der Waals surface area contributed by atoms with Crippen LogP contribution in [-0.2, 0) is 6.54 Å². The first-order chi connectivity index (χ1) is 11.5. The van der Waals surface area contributed by atoms with Gasteiger partial charge in [0.25, 0.3) is 0 Å². The van der Waals surface area contributed by atoms with E-state index in [4.69, 9.17) is 4.99 Å². The highest BCUT2D eigenvalue weighted by Crippen LogP contribution is 2.15. The van der Waals surface area contributed by atoms with Crippen LogP contribution in [0.25, 0.3) is 0 Å². The Hall–Kier alpha value is -1.56. The third kappa shape index (κ3) is 8.91. The predicted molar refractivity (Wildman–Crippen MR) is 100 cm³/mol. The highest BCUT2D eigenvalue weighted by atomic mass is 16.3. The van der Waals surface area contributed by atoms with Crippen LogP contribution < -0.4 is 10.6 Å². The predicted octanol–water partition coefficient (Wildman–Crippen LogP) is 2.18. The Morgan fingerprint density at radius 2 is 2.17 bits per heavy atom. The van der Waals surface area contributed by atoms with Gasteiger partial charge in [-0.15, -0.1) is 0 Å². The number of aromatic nitrogens is 2. The van der Waals surface area contributed by atoms with Crippen LogP contribution in [0.1, 0.15) is 45.6 Å². The van der Waals surface area contributed by atoms with Crippen molar-refractivity contribution in [1.29, 1.82) is 0 Å². The molecule has 1 rings (SSSR count). The Morgan fingerprint density at radius 1 is 1.38 bits per heavy atom. The van der Waals surface area contributed by atoms with Gasteiger partial charge in [0.15, 0.2) is 5.96 Å². The summed E-state index contributed by atoms with van der Waals surface area (Å²) in [5, 5.41) is 20.2. The molecule has 6 nitrogen and oxygen atoms in total. The van der Waals surface area contributed by atoms with Crippen LogP contribution in [0.3, 0.4) is 0 Å². The first kappa shape index (κ1) is 20.5. The van der Waals surface area contributed by atoms with Crippen molar-refractivity contribution < 1.29 is 5.11 Å². The summed E-state index contributed by atoms with van der Waals surface area (Å²) in [6.45, 7) is 12.2. The van der Waals surface area contributed by atoms with E-state index in [0.717, 1.165) is 51.4 Å². The molecule has 3 N–H and O–H groups in total. The number of aliphatic imine (C=N–C) groups is 1. The lowest BCUT2D eigenvalue weighted by Gasteiger charge is -2.17. The minimum absolute atomic E-state index is 0.236. The molecule has 0 aliphatic heterocycles. The molecule has 6 heteroatoms. The van der Waals surface area contributed by atoms with Crippen molar-refractivity contribution in [3.05, 3.63) is 18.0 Å². The van der Waals surface area contributed by atoms with Gasteiger partial charge in [-0.05, 0) is 50.5 Å². The SMILES string of the molecule is CCNC(=NCC(CCO)CC(C)C)NCCCn1cc(C)cn1. The smallest absolute Gasteiger partial charge is 0.191 e. The molecule has 0 amide bonds. The topological polar surface area (TPSA) is 74.5 Å². The molecule has 1 unspecified atom stereocenters. The van der Waals surface area contributed by atoms with E-state index in [2.05, 4.69) is 49.6 Å². The molecule has 0 bridgehead atoms. The van der Waals surface area contributed by atoms with Gasteiger partial charge >= 0.3 is 0 Å². The molecule has 1 aromatic rings. The van der Waals surface area contributed by atoms with Crippen molar-refractivity contribution in [2.45, 2.75) is 53.5 Å². The molecular formula is C18H35N5O. The Bertz CT molecular complexity index is 470. The number of hydrogen-bond donors (Lipinski definition) is 3. The van der Waals surface area contributed by atoms with Crippen molar-refractivity contribution >= 4 is 5.96 Å². The number of rotatable bonds is 11. The lowest BCUT2D eigenvalue weighted by atomic mass is 9.94. The molecule has 0 fully saturated rings. The Labute approximate surface area is 146 Å². The summed E-state index contributed by atoms with van der Waals surface area (Å²) in [6, 6.07) is 0. The van der Waals surface area contributed by atoms with Gasteiger partial charge in [0, 0.05) is 39.0 Å². The number of aryl methyl sites for hydroxylation is 2. The van der Waals surface area contributed by atoms with Crippen LogP contribution in [0.5, 0.6) is 0 Å². The van der Waals surface area contributed by atoms with E-state index in [1.165, 1.54) is 5.56 Å². The Kier molecular flexibility index (Phi) is 10.2. The van der Waals surface area contributed by atoms with E-state index in [1.807, 2.05) is 10.9 Å². The minimum atomic E-state index is 0.236. The second kappa shape index (κ2) is 11.9. The summed E-state index contributed by atoms with van der Waals surface area (Å²) in [5.74, 6) is 1.93. The maximum absolute atomic E-state index is 9.21. The maximum atomic E-state index is 9.21. The van der Waals surface area contributed by atoms with Gasteiger partial charge in [-0.25, -0.2) is 0 Å². The minimum Gasteiger partial charge on any atom is -0.396 e. The van der Waals surface area contributed by atoms with Gasteiger partial charge in [0.1, 0.15) is 0 Å². The molecular weight excluding hydrogens is 302 g/mol. The molecule has 0 saturated heterocycles. The van der Waals surface area contributed by atoms with Crippen LogP contribution in [0.4, 0.5) is 0 Å². The molecule has 1 heterocycles. The first-order valence-corrected chi connectivity index (χ1v) is 9.17. The largest absolute Gasteiger partial charge is 0.396 e. The standard InChI is InChI=1S/C18H35N5O/c1-5-19-18(21-13-17(7-10-24)11-15(2)3)20-8-6-9-23-14-16(4)12-22-23/h12,14-15,17,24H,5-11,13H2,1-4H3,(H2,19,20,21). The number of aliphatic hydroxyl groups excluding tert-OH is 1. The number of nitrogens with one attached hydrogen (secondary N) is 2. The van der Waals surface area contributed by atoms with E-state index in [9.17, 15) is 5.11 Å². The summed E-state index contributed by atoms with van der Waals surface area (Å²) < 4.78 is 1.97. The molecule has 0 radical (unpaired) electrons. The zero-order valence-corrected chi connectivity index (χ0v) is 15.8. The molecule has 1 atom stereocenters. The second-order valence-corrected chi connectivity index (χ2v) is 6.79. The fraction of sp³-hybridized carbons (Fsp3) is 0.778. The molecule has 0 aromatic carbocycles. The number of nitrogens with zero attached hydrogens (tertiary/aromatic N) is 3. The zero-order valence-electron chi connectivity index (χ0n) is 15.8. The van der Waals surface area contributed by atoms with E-state index in [1.54, 1.807) is 0 Å². The molecule has 0 saturated carbocycles. The summed E-state index contributed by atoms with van der Waals surface area (Å²) in [5.41, 5.74) is 1.19. The molecule has 24 heavy (non-hydrogen) atoms. The molecule has 0 aliphatic rings. The van der Waals surface area contributed by atoms with Crippen LogP contribution in [0.2, 0.25) is 0 Å². The van der Waals surface area contributed by atoms with Crippen molar-refractivity contribution in [3.63, 3.8) is 0 Å². The summed E-state index contributed by atoms with van der Waals surface area (Å²) in [6.07, 6.45) is 6.86. The van der Waals surface area contributed by atoms with Gasteiger partial charge in [-0.3, -0.25) is 9.67 Å². The average Bonchev–Trinajstić information content (AvgIpc) is 2.94. The highest BCUT2D eigenvalue weighted by molar-refractivity contribution is 5.79. The fourth-order valence-corrected chi connectivity index (χ4v) is 2.73. The maximum Gasteiger partial charge on any atom is 0.191 e. The normalized spacial score (nSPS) is 13.3. The van der Waals surface area contributed by atoms with E-state index < -0.39 is 0 Å². The van der Waals surface area contributed by atoms with Gasteiger partial charge in [-0.2, -0.15) is 5.10 Å². The van der Waals surface area contributed by atoms with Gasteiger partial charge in [0.05, 0.1) is 6.20 Å². The highest BCUT2D eigenvalue weighted by Gasteiger charge is 2.10. The van der Waals surface area contributed by atoms with Gasteiger partial charge in [0.2, 0.25) is 0 Å². The number of hydrogen-bond acceptors (Lipinski definition) is 3. The van der Waals surface area contributed by atoms with Crippen LogP contribution >= 0.6 is 0 Å². The van der Waals surface area contributed by atoms with Crippen molar-refractivity contribution in [2.24, 2.45) is 16.8 Å². The fourth-order valence-electron chi connectivity index (χ4n) is 2.73. The zero-order chi connectivity index (χ0) is 17.8.